The van der Waals surface area contributed by atoms with Crippen LogP contribution in [0, 0.1) is 5.41 Å². The van der Waals surface area contributed by atoms with Gasteiger partial charge in [-0.1, -0.05) is 32.4 Å². The average Bonchev–Trinajstić information content (AvgIpc) is 2.62. The molecule has 0 aromatic heterocycles. The number of anilines is 2. The fourth-order valence-corrected chi connectivity index (χ4v) is 3.63. The van der Waals surface area contributed by atoms with E-state index in [2.05, 4.69) is 10.6 Å². The van der Waals surface area contributed by atoms with Crippen LogP contribution < -0.4 is 10.6 Å². The number of hydrogen-bond donors (Lipinski definition) is 2. The molecule has 4 nitrogen and oxygen atoms in total. The minimum Gasteiger partial charge on any atom is -0.326 e. The second kappa shape index (κ2) is 9.96. The molecule has 0 spiro atoms. The monoisotopic (exact) mass is 472 g/mol. The molecule has 0 aliphatic carbocycles. The molecule has 0 aliphatic rings. The first-order chi connectivity index (χ1) is 14.2. The van der Waals surface area contributed by atoms with E-state index in [1.54, 1.807) is 31.2 Å². The van der Waals surface area contributed by atoms with Crippen LogP contribution in [0.3, 0.4) is 0 Å². The zero-order valence-corrected chi connectivity index (χ0v) is 19.1. The molecule has 1 unspecified atom stereocenters. The molecule has 0 fully saturated rings. The Balaban J connectivity index is 1.98. The number of carbonyl (C=O) groups is 2. The molecule has 31 heavy (non-hydrogen) atoms. The van der Waals surface area contributed by atoms with Crippen molar-refractivity contribution in [3.05, 3.63) is 53.1 Å². The molecule has 2 aromatic rings. The summed E-state index contributed by atoms with van der Waals surface area (Å²) >= 11 is 7.16. The van der Waals surface area contributed by atoms with E-state index in [1.807, 2.05) is 20.8 Å². The number of halogens is 4. The summed E-state index contributed by atoms with van der Waals surface area (Å²) in [5, 5.41) is 4.71. The van der Waals surface area contributed by atoms with Crippen LogP contribution >= 0.6 is 23.4 Å². The highest BCUT2D eigenvalue weighted by Crippen LogP contribution is 2.34. The van der Waals surface area contributed by atoms with Gasteiger partial charge in [0.05, 0.1) is 21.5 Å². The summed E-state index contributed by atoms with van der Waals surface area (Å²) in [7, 11) is 0. The van der Waals surface area contributed by atoms with Crippen LogP contribution in [0.5, 0.6) is 0 Å². The highest BCUT2D eigenvalue weighted by atomic mass is 35.5. The van der Waals surface area contributed by atoms with Gasteiger partial charge >= 0.3 is 6.18 Å². The lowest BCUT2D eigenvalue weighted by atomic mass is 9.92. The molecule has 0 saturated carbocycles. The van der Waals surface area contributed by atoms with E-state index < -0.39 is 22.9 Å². The second-order valence-corrected chi connectivity index (χ2v) is 10.1. The molecule has 2 aromatic carbocycles. The van der Waals surface area contributed by atoms with Crippen molar-refractivity contribution in [1.29, 1.82) is 0 Å². The van der Waals surface area contributed by atoms with Gasteiger partial charge in [0.15, 0.2) is 0 Å². The van der Waals surface area contributed by atoms with Crippen LogP contribution in [0.4, 0.5) is 24.5 Å². The van der Waals surface area contributed by atoms with Gasteiger partial charge in [-0.3, -0.25) is 9.59 Å². The minimum absolute atomic E-state index is 0.0221. The number of alkyl halides is 3. The largest absolute Gasteiger partial charge is 0.416 e. The second-order valence-electron chi connectivity index (χ2n) is 8.25. The smallest absolute Gasteiger partial charge is 0.326 e. The van der Waals surface area contributed by atoms with Crippen LogP contribution in [-0.2, 0) is 15.8 Å². The fraction of sp³-hybridized carbons (Fsp3) is 0.364. The number of rotatable bonds is 6. The van der Waals surface area contributed by atoms with E-state index in [1.165, 1.54) is 11.8 Å². The van der Waals surface area contributed by atoms with Crippen molar-refractivity contribution in [2.24, 2.45) is 5.41 Å². The van der Waals surface area contributed by atoms with Gasteiger partial charge in [-0.25, -0.2) is 0 Å². The van der Waals surface area contributed by atoms with Crippen molar-refractivity contribution in [3.63, 3.8) is 0 Å². The zero-order chi connectivity index (χ0) is 23.4. The number of nitrogens with one attached hydrogen (secondary N) is 2. The van der Waals surface area contributed by atoms with Gasteiger partial charge in [0.25, 0.3) is 0 Å². The van der Waals surface area contributed by atoms with Crippen LogP contribution in [-0.4, -0.2) is 17.1 Å². The van der Waals surface area contributed by atoms with E-state index in [9.17, 15) is 22.8 Å². The van der Waals surface area contributed by atoms with Crippen molar-refractivity contribution < 1.29 is 22.8 Å². The summed E-state index contributed by atoms with van der Waals surface area (Å²) in [4.78, 5) is 25.2. The first kappa shape index (κ1) is 25.1. The molecule has 9 heteroatoms. The number of amides is 2. The average molecular weight is 473 g/mol. The van der Waals surface area contributed by atoms with Crippen LogP contribution in [0.15, 0.2) is 47.4 Å². The summed E-state index contributed by atoms with van der Waals surface area (Å²) in [6.45, 7) is 7.57. The van der Waals surface area contributed by atoms with E-state index in [4.69, 9.17) is 11.6 Å². The highest BCUT2D eigenvalue weighted by Gasteiger charge is 2.31. The lowest BCUT2D eigenvalue weighted by molar-refractivity contribution is -0.137. The Hall–Kier alpha value is -2.19. The maximum Gasteiger partial charge on any atom is 0.416 e. The fourth-order valence-electron chi connectivity index (χ4n) is 2.59. The molecule has 2 rings (SSSR count). The minimum atomic E-state index is -4.53. The van der Waals surface area contributed by atoms with E-state index in [-0.39, 0.29) is 22.0 Å². The van der Waals surface area contributed by atoms with Crippen molar-refractivity contribution in [2.45, 2.75) is 50.4 Å². The molecule has 0 heterocycles. The first-order valence-electron chi connectivity index (χ1n) is 9.49. The zero-order valence-electron chi connectivity index (χ0n) is 17.6. The first-order valence-corrected chi connectivity index (χ1v) is 10.7. The molecule has 0 bridgehead atoms. The Morgan fingerprint density at radius 1 is 1.03 bits per heavy atom. The lowest BCUT2D eigenvalue weighted by Gasteiger charge is -2.17. The van der Waals surface area contributed by atoms with Crippen molar-refractivity contribution in [2.75, 3.05) is 10.6 Å². The Morgan fingerprint density at radius 2 is 1.65 bits per heavy atom. The summed E-state index contributed by atoms with van der Waals surface area (Å²) in [5.74, 6) is -0.563. The lowest BCUT2D eigenvalue weighted by Crippen LogP contribution is -2.23. The van der Waals surface area contributed by atoms with E-state index in [0.717, 1.165) is 23.1 Å². The maximum atomic E-state index is 12.9. The van der Waals surface area contributed by atoms with Gasteiger partial charge < -0.3 is 10.6 Å². The SMILES string of the molecule is CC(Sc1ccc(NC(=O)CC(C)(C)C)cc1)C(=O)Nc1cc(C(F)(F)F)ccc1Cl. The molecule has 0 aliphatic heterocycles. The summed E-state index contributed by atoms with van der Waals surface area (Å²) < 4.78 is 38.7. The maximum absolute atomic E-state index is 12.9. The predicted molar refractivity (Wildman–Crippen MR) is 120 cm³/mol. The van der Waals surface area contributed by atoms with Gasteiger partial charge in [-0.2, -0.15) is 13.2 Å². The Kier molecular flexibility index (Phi) is 8.05. The summed E-state index contributed by atoms with van der Waals surface area (Å²) in [6.07, 6.45) is -4.15. The van der Waals surface area contributed by atoms with E-state index >= 15 is 0 Å². The van der Waals surface area contributed by atoms with Crippen molar-refractivity contribution in [3.8, 4) is 0 Å². The Labute approximate surface area is 188 Å². The van der Waals surface area contributed by atoms with Crippen LogP contribution in [0.25, 0.3) is 0 Å². The normalized spacial score (nSPS) is 12.9. The summed E-state index contributed by atoms with van der Waals surface area (Å²) in [5.41, 5.74) is -0.459. The molecule has 0 saturated heterocycles. The third-order valence-corrected chi connectivity index (χ3v) is 5.50. The molecule has 1 atom stereocenters. The molecule has 2 amide bonds. The molecular formula is C22H24ClF3N2O2S. The third-order valence-electron chi connectivity index (χ3n) is 4.06. The summed E-state index contributed by atoms with van der Waals surface area (Å²) in [6, 6.07) is 9.76. The quantitative estimate of drug-likeness (QED) is 0.452. The predicted octanol–water partition coefficient (Wildman–Crippen LogP) is 6.85. The van der Waals surface area contributed by atoms with Crippen LogP contribution in [0.1, 0.15) is 39.7 Å². The topological polar surface area (TPSA) is 58.2 Å². The number of benzene rings is 2. The molecule has 168 valence electrons. The van der Waals surface area contributed by atoms with Gasteiger partial charge in [-0.05, 0) is 54.8 Å². The third kappa shape index (κ3) is 8.10. The van der Waals surface area contributed by atoms with Gasteiger partial charge in [0.1, 0.15) is 0 Å². The van der Waals surface area contributed by atoms with Crippen molar-refractivity contribution >= 4 is 46.6 Å². The molecular weight excluding hydrogens is 449 g/mol. The molecule has 2 N–H and O–H groups in total. The number of thioether (sulfide) groups is 1. The van der Waals surface area contributed by atoms with Crippen molar-refractivity contribution in [1.82, 2.24) is 0 Å². The molecule has 0 radical (unpaired) electrons. The highest BCUT2D eigenvalue weighted by molar-refractivity contribution is 8.00. The number of carbonyl (C=O) groups excluding carboxylic acids is 2. The van der Waals surface area contributed by atoms with Gasteiger partial charge in [0.2, 0.25) is 11.8 Å². The van der Waals surface area contributed by atoms with Crippen LogP contribution in [0.2, 0.25) is 5.02 Å². The Bertz CT molecular complexity index is 941. The standard InChI is InChI=1S/C22H24ClF3N2O2S/c1-13(20(30)28-18-11-14(22(24,25)26)5-10-17(18)23)31-16-8-6-15(7-9-16)27-19(29)12-21(2,3)4/h5-11,13H,12H2,1-4H3,(H,27,29)(H,28,30). The number of hydrogen-bond acceptors (Lipinski definition) is 3. The van der Waals surface area contributed by atoms with E-state index in [0.29, 0.717) is 12.1 Å². The van der Waals surface area contributed by atoms with Gasteiger partial charge in [-0.15, -0.1) is 11.8 Å². The Morgan fingerprint density at radius 3 is 2.19 bits per heavy atom. The van der Waals surface area contributed by atoms with Gasteiger partial charge in [0, 0.05) is 17.0 Å².